The summed E-state index contributed by atoms with van der Waals surface area (Å²) in [6.07, 6.45) is 13.9. The van der Waals surface area contributed by atoms with Gasteiger partial charge in [-0.2, -0.15) is 4.39 Å². The van der Waals surface area contributed by atoms with Gasteiger partial charge < -0.3 is 29.4 Å². The number of thiophene rings is 1. The third kappa shape index (κ3) is 16.3. The summed E-state index contributed by atoms with van der Waals surface area (Å²) in [6.45, 7) is 10.6. The van der Waals surface area contributed by atoms with Crippen molar-refractivity contribution >= 4 is 92.7 Å². The van der Waals surface area contributed by atoms with E-state index in [2.05, 4.69) is 62.2 Å². The SMILES string of the molecule is C=S1(=O)CCC(C(=O)N2CCN(c3cnc(C)cn3)CC2c2ccc(F)s2)CC1.C=S1(=O)CCC(C(=O)N2CCN(c3cnc(C)cn3)CC2c2cccc(F)c2)CC1.C=S1(=O)CCC(C(=O)N2CCN(c3cnc(C)cn3)CC2c2ccccc2F)CC1. The maximum absolute atomic E-state index is 14.7. The number of hydrogen-bond acceptors (Lipinski definition) is 16. The second-order valence-corrected chi connectivity index (χ2v) is 33.5. The predicted octanol–water partition coefficient (Wildman–Crippen LogP) is 7.38. The largest absolute Gasteiger partial charge is 0.351 e. The van der Waals surface area contributed by atoms with Gasteiger partial charge in [-0.05, 0) is 141 Å². The van der Waals surface area contributed by atoms with Crippen molar-refractivity contribution in [2.45, 2.75) is 77.4 Å². The Morgan fingerprint density at radius 3 is 1.25 bits per heavy atom. The lowest BCUT2D eigenvalue weighted by Crippen LogP contribution is -2.53. The lowest BCUT2D eigenvalue weighted by atomic mass is 9.96. The molecule has 6 saturated heterocycles. The van der Waals surface area contributed by atoms with Gasteiger partial charge in [-0.25, -0.2) is 23.7 Å². The molecule has 12 rings (SSSR count). The number of piperazine rings is 3. The van der Waals surface area contributed by atoms with E-state index in [1.807, 2.05) is 36.6 Å². The Balaban J connectivity index is 0.000000147. The van der Waals surface area contributed by atoms with E-state index in [1.165, 1.54) is 24.3 Å². The highest BCUT2D eigenvalue weighted by Gasteiger charge is 2.41. The zero-order valence-electron chi connectivity index (χ0n) is 50.8. The molecule has 0 bridgehead atoms. The molecule has 25 heteroatoms. The highest BCUT2D eigenvalue weighted by molar-refractivity contribution is 8.00. The summed E-state index contributed by atoms with van der Waals surface area (Å²) in [5, 5.41) is -0.255. The fourth-order valence-corrected chi connectivity index (χ4v) is 18.2. The molecule has 0 N–H and O–H groups in total. The zero-order valence-corrected chi connectivity index (χ0v) is 54.0. The van der Waals surface area contributed by atoms with Gasteiger partial charge >= 0.3 is 0 Å². The first-order chi connectivity index (χ1) is 42.5. The minimum absolute atomic E-state index is 0.0211. The van der Waals surface area contributed by atoms with Crippen LogP contribution in [0.4, 0.5) is 30.6 Å². The molecule has 89 heavy (non-hydrogen) atoms. The molecule has 0 aliphatic carbocycles. The van der Waals surface area contributed by atoms with Gasteiger partial charge in [0.15, 0.2) is 5.13 Å². The van der Waals surface area contributed by atoms with Crippen LogP contribution in [0.25, 0.3) is 0 Å². The van der Waals surface area contributed by atoms with Gasteiger partial charge in [0.1, 0.15) is 29.1 Å². The normalized spacial score (nSPS) is 27.3. The lowest BCUT2D eigenvalue weighted by Gasteiger charge is -2.43. The van der Waals surface area contributed by atoms with Crippen molar-refractivity contribution in [2.24, 2.45) is 17.8 Å². The number of aryl methyl sites for hydroxylation is 3. The molecule has 10 heterocycles. The number of carbonyl (C=O) groups excluding carboxylic acids is 3. The summed E-state index contributed by atoms with van der Waals surface area (Å²) in [5.74, 6) is 15.6. The van der Waals surface area contributed by atoms with Crippen LogP contribution in [0.5, 0.6) is 0 Å². The predicted molar refractivity (Wildman–Crippen MR) is 351 cm³/mol. The molecule has 6 fully saturated rings. The molecule has 0 spiro atoms. The van der Waals surface area contributed by atoms with Gasteiger partial charge in [-0.15, -0.1) is 11.3 Å². The molecular formula is C64H79F3N12O6S4. The Labute approximate surface area is 525 Å². The summed E-state index contributed by atoms with van der Waals surface area (Å²) in [5.41, 5.74) is 3.79. The minimum atomic E-state index is -2.05. The molecule has 3 atom stereocenters. The van der Waals surface area contributed by atoms with Gasteiger partial charge in [0, 0.05) is 122 Å². The Hall–Kier alpha value is -6.96. The number of benzene rings is 2. The first-order valence-electron chi connectivity index (χ1n) is 30.2. The van der Waals surface area contributed by atoms with E-state index in [0.717, 1.165) is 56.3 Å². The molecule has 476 valence electrons. The van der Waals surface area contributed by atoms with Gasteiger partial charge in [-0.3, -0.25) is 42.0 Å². The second-order valence-electron chi connectivity index (χ2n) is 24.2. The molecule has 6 aromatic rings. The van der Waals surface area contributed by atoms with Crippen molar-refractivity contribution in [3.8, 4) is 0 Å². The molecule has 3 unspecified atom stereocenters. The number of halogens is 3. The van der Waals surface area contributed by atoms with Crippen LogP contribution in [-0.4, -0.2) is 186 Å². The third-order valence-corrected chi connectivity index (χ3v) is 24.6. The second kappa shape index (κ2) is 28.1. The van der Waals surface area contributed by atoms with Crippen molar-refractivity contribution in [3.63, 3.8) is 0 Å². The average molecular weight is 1300 g/mol. The van der Waals surface area contributed by atoms with Crippen LogP contribution < -0.4 is 14.7 Å². The first kappa shape index (κ1) is 65.0. The van der Waals surface area contributed by atoms with Crippen molar-refractivity contribution in [3.05, 3.63) is 148 Å². The van der Waals surface area contributed by atoms with E-state index in [0.29, 0.717) is 138 Å². The molecule has 2 aromatic carbocycles. The zero-order chi connectivity index (χ0) is 63.2. The topological polar surface area (TPSA) is 199 Å². The highest BCUT2D eigenvalue weighted by Crippen LogP contribution is 2.37. The van der Waals surface area contributed by atoms with Crippen molar-refractivity contribution in [1.82, 2.24) is 44.6 Å². The van der Waals surface area contributed by atoms with E-state index in [9.17, 15) is 40.2 Å². The van der Waals surface area contributed by atoms with E-state index in [4.69, 9.17) is 0 Å². The smallest absolute Gasteiger partial charge is 0.226 e. The van der Waals surface area contributed by atoms with Crippen LogP contribution in [-0.2, 0) is 42.9 Å². The number of anilines is 3. The molecule has 3 amide bonds. The van der Waals surface area contributed by atoms with Gasteiger partial charge in [-0.1, -0.05) is 30.3 Å². The van der Waals surface area contributed by atoms with E-state index >= 15 is 0 Å². The molecule has 4 aromatic heterocycles. The Bertz CT molecular complexity index is 3790. The van der Waals surface area contributed by atoms with E-state index in [-0.39, 0.29) is 64.3 Å². The number of carbonyl (C=O) groups is 3. The average Bonchev–Trinajstić information content (AvgIpc) is 1.59. The van der Waals surface area contributed by atoms with E-state index in [1.54, 1.807) is 72.4 Å². The number of nitrogens with zero attached hydrogens (tertiary/aromatic N) is 12. The number of hydrogen-bond donors (Lipinski definition) is 0. The molecule has 6 aliphatic heterocycles. The monoisotopic (exact) mass is 1300 g/mol. The van der Waals surface area contributed by atoms with Gasteiger partial charge in [0.05, 0.1) is 72.4 Å². The maximum Gasteiger partial charge on any atom is 0.226 e. The quantitative estimate of drug-likeness (QED) is 0.130. The Morgan fingerprint density at radius 2 is 0.865 bits per heavy atom. The first-order valence-corrected chi connectivity index (χ1v) is 37.2. The number of amides is 3. The highest BCUT2D eigenvalue weighted by atomic mass is 32.2. The number of aromatic nitrogens is 6. The van der Waals surface area contributed by atoms with Crippen LogP contribution in [0.2, 0.25) is 0 Å². The summed E-state index contributed by atoms with van der Waals surface area (Å²) in [6, 6.07) is 15.4. The van der Waals surface area contributed by atoms with Crippen molar-refractivity contribution in [2.75, 3.05) is 108 Å². The Morgan fingerprint density at radius 1 is 0.472 bits per heavy atom. The summed E-state index contributed by atoms with van der Waals surface area (Å²) in [4.78, 5) is 79.1. The fraction of sp³-hybridized carbons (Fsp3) is 0.469. The fourth-order valence-electron chi connectivity index (χ4n) is 12.5. The minimum Gasteiger partial charge on any atom is -0.351 e. The molecular weight excluding hydrogens is 1220 g/mol. The third-order valence-electron chi connectivity index (χ3n) is 17.8. The number of rotatable bonds is 9. The standard InChI is InChI=1S/2C22H27FN4O2S.C20H25FN4O2S2/c1-16-13-25-21(14-24-16)26-8-9-27(20(15-26)18-4-3-5-19(23)12-18)22(28)17-6-10-30(2,29)11-7-17;1-16-13-25-21(14-24-16)26-9-10-27(20(15-26)18-5-3-4-6-19(18)23)22(28)17-7-11-30(2,29)12-8-17;1-14-11-23-19(12-22-14)24-7-8-25(16(13-24)17-3-4-18(21)28-17)20(26)15-5-9-29(2,27)10-6-15/h3-5,12-14,17,20H,2,6-11,15H2,1H3;3-6,13-14,17,20H,2,7-12,15H2,1H3;3-4,11-12,15-16H,2,5-10,13H2,1H3. The summed E-state index contributed by atoms with van der Waals surface area (Å²) >= 11 is 1.08. The van der Waals surface area contributed by atoms with Crippen LogP contribution in [0.1, 0.15) is 89.7 Å². The summed E-state index contributed by atoms with van der Waals surface area (Å²) in [7, 11) is -6.13. The van der Waals surface area contributed by atoms with Crippen LogP contribution >= 0.6 is 11.3 Å². The molecule has 18 nitrogen and oxygen atoms in total. The van der Waals surface area contributed by atoms with Crippen LogP contribution in [0, 0.1) is 55.3 Å². The van der Waals surface area contributed by atoms with Crippen molar-refractivity contribution < 1.29 is 40.2 Å². The molecule has 0 saturated carbocycles. The van der Waals surface area contributed by atoms with Crippen molar-refractivity contribution in [1.29, 1.82) is 0 Å². The maximum atomic E-state index is 14.7. The lowest BCUT2D eigenvalue weighted by molar-refractivity contribution is -0.139. The van der Waals surface area contributed by atoms with Gasteiger partial charge in [0.25, 0.3) is 0 Å². The van der Waals surface area contributed by atoms with E-state index < -0.39 is 34.6 Å². The van der Waals surface area contributed by atoms with Crippen LogP contribution in [0.3, 0.4) is 0 Å². The Kier molecular flexibility index (Phi) is 20.5. The molecule has 6 aliphatic rings. The summed E-state index contributed by atoms with van der Waals surface area (Å²) < 4.78 is 79.0. The van der Waals surface area contributed by atoms with Crippen LogP contribution in [0.15, 0.2) is 97.8 Å². The molecule has 0 radical (unpaired) electrons. The van der Waals surface area contributed by atoms with Gasteiger partial charge in [0.2, 0.25) is 17.7 Å².